The molecule has 0 fully saturated rings. The molecule has 0 aliphatic carbocycles. The quantitative estimate of drug-likeness (QED) is 0.775. The lowest BCUT2D eigenvalue weighted by molar-refractivity contribution is 1.33. The number of benzene rings is 2. The van der Waals surface area contributed by atoms with Gasteiger partial charge in [-0.1, -0.05) is 17.7 Å². The molecule has 0 heterocycles. The van der Waals surface area contributed by atoms with Crippen LogP contribution in [0.3, 0.4) is 0 Å². The molecule has 0 aromatic heterocycles. The average molecular weight is 261 g/mol. The van der Waals surface area contributed by atoms with Gasteiger partial charge in [0.2, 0.25) is 0 Å². The normalized spacial score (nSPS) is 10.4. The van der Waals surface area contributed by atoms with Crippen LogP contribution in [-0.2, 0) is 0 Å². The number of halogens is 1. The van der Waals surface area contributed by atoms with E-state index in [1.54, 1.807) is 0 Å². The molecule has 0 unspecified atom stereocenters. The van der Waals surface area contributed by atoms with E-state index in [9.17, 15) is 0 Å². The summed E-state index contributed by atoms with van der Waals surface area (Å²) in [6.07, 6.45) is 0. The standard InChI is InChI=1S/C15H17ClN2/c1-9-4-5-12(16)8-14(9)18-15-7-11(3)10(2)6-13(15)17/h4-8,18H,17H2,1-3H3. The topological polar surface area (TPSA) is 38.0 Å². The summed E-state index contributed by atoms with van der Waals surface area (Å²) in [5, 5.41) is 4.05. The van der Waals surface area contributed by atoms with Gasteiger partial charge in [-0.15, -0.1) is 0 Å². The molecule has 0 amide bonds. The molecular weight excluding hydrogens is 244 g/mol. The molecule has 94 valence electrons. The first-order valence-corrected chi connectivity index (χ1v) is 6.25. The summed E-state index contributed by atoms with van der Waals surface area (Å²) >= 11 is 6.01. The first-order valence-electron chi connectivity index (χ1n) is 5.87. The van der Waals surface area contributed by atoms with Gasteiger partial charge in [-0.3, -0.25) is 0 Å². The van der Waals surface area contributed by atoms with Crippen LogP contribution in [0, 0.1) is 20.8 Å². The van der Waals surface area contributed by atoms with E-state index < -0.39 is 0 Å². The number of hydrogen-bond acceptors (Lipinski definition) is 2. The lowest BCUT2D eigenvalue weighted by atomic mass is 10.1. The lowest BCUT2D eigenvalue weighted by Crippen LogP contribution is -1.99. The summed E-state index contributed by atoms with van der Waals surface area (Å²) in [4.78, 5) is 0. The molecule has 18 heavy (non-hydrogen) atoms. The molecule has 0 aliphatic rings. The van der Waals surface area contributed by atoms with Gasteiger partial charge in [0.1, 0.15) is 0 Å². The Labute approximate surface area is 113 Å². The molecule has 0 bridgehead atoms. The van der Waals surface area contributed by atoms with Crippen molar-refractivity contribution >= 4 is 28.7 Å². The van der Waals surface area contributed by atoms with Crippen molar-refractivity contribution in [1.82, 2.24) is 0 Å². The smallest absolute Gasteiger partial charge is 0.0620 e. The number of nitrogen functional groups attached to an aromatic ring is 1. The third-order valence-corrected chi connectivity index (χ3v) is 3.37. The summed E-state index contributed by atoms with van der Waals surface area (Å²) in [5.41, 5.74) is 12.2. The predicted octanol–water partition coefficient (Wildman–Crippen LogP) is 4.59. The van der Waals surface area contributed by atoms with Gasteiger partial charge < -0.3 is 11.1 Å². The van der Waals surface area contributed by atoms with Crippen molar-refractivity contribution in [3.8, 4) is 0 Å². The minimum atomic E-state index is 0.713. The Kier molecular flexibility index (Phi) is 3.48. The minimum Gasteiger partial charge on any atom is -0.397 e. The maximum absolute atomic E-state index is 6.03. The van der Waals surface area contributed by atoms with Crippen LogP contribution in [0.25, 0.3) is 0 Å². The van der Waals surface area contributed by atoms with E-state index in [0.717, 1.165) is 22.6 Å². The number of hydrogen-bond donors (Lipinski definition) is 2. The van der Waals surface area contributed by atoms with Crippen molar-refractivity contribution < 1.29 is 0 Å². The first-order chi connectivity index (χ1) is 8.47. The molecule has 3 heteroatoms. The molecule has 0 radical (unpaired) electrons. The molecule has 3 N–H and O–H groups in total. The highest BCUT2D eigenvalue weighted by Gasteiger charge is 2.05. The Bertz CT molecular complexity index is 591. The summed E-state index contributed by atoms with van der Waals surface area (Å²) in [6, 6.07) is 9.82. The number of anilines is 3. The molecule has 0 aliphatic heterocycles. The van der Waals surface area contributed by atoms with Crippen LogP contribution in [0.4, 0.5) is 17.1 Å². The maximum atomic E-state index is 6.03. The number of aryl methyl sites for hydroxylation is 3. The molecule has 0 saturated carbocycles. The third kappa shape index (κ3) is 2.59. The van der Waals surface area contributed by atoms with Crippen molar-refractivity contribution in [1.29, 1.82) is 0 Å². The zero-order valence-corrected chi connectivity index (χ0v) is 11.6. The maximum Gasteiger partial charge on any atom is 0.0620 e. The SMILES string of the molecule is Cc1cc(N)c(Nc2cc(Cl)ccc2C)cc1C. The number of nitrogens with one attached hydrogen (secondary N) is 1. The van der Waals surface area contributed by atoms with Gasteiger partial charge in [0.05, 0.1) is 11.4 Å². The lowest BCUT2D eigenvalue weighted by Gasteiger charge is -2.14. The predicted molar refractivity (Wildman–Crippen MR) is 79.8 cm³/mol. The van der Waals surface area contributed by atoms with Crippen molar-refractivity contribution in [2.75, 3.05) is 11.1 Å². The highest BCUT2D eigenvalue weighted by Crippen LogP contribution is 2.29. The Morgan fingerprint density at radius 2 is 1.56 bits per heavy atom. The van der Waals surface area contributed by atoms with Gasteiger partial charge in [-0.05, 0) is 61.7 Å². The second kappa shape index (κ2) is 4.91. The largest absolute Gasteiger partial charge is 0.397 e. The van der Waals surface area contributed by atoms with Crippen LogP contribution in [-0.4, -0.2) is 0 Å². The molecule has 2 aromatic rings. The highest BCUT2D eigenvalue weighted by atomic mass is 35.5. The van der Waals surface area contributed by atoms with Crippen molar-refractivity contribution in [2.45, 2.75) is 20.8 Å². The van der Waals surface area contributed by atoms with Crippen LogP contribution in [0.15, 0.2) is 30.3 Å². The van der Waals surface area contributed by atoms with Crippen LogP contribution in [0.2, 0.25) is 5.02 Å². The van der Waals surface area contributed by atoms with Crippen LogP contribution >= 0.6 is 11.6 Å². The summed E-state index contributed by atoms with van der Waals surface area (Å²) in [6.45, 7) is 6.17. The molecular formula is C15H17ClN2. The Balaban J connectivity index is 2.40. The van der Waals surface area contributed by atoms with E-state index in [2.05, 4.69) is 25.2 Å². The molecule has 0 spiro atoms. The number of nitrogens with two attached hydrogens (primary N) is 1. The Morgan fingerprint density at radius 1 is 0.889 bits per heavy atom. The van der Waals surface area contributed by atoms with E-state index in [0.29, 0.717) is 5.02 Å². The highest BCUT2D eigenvalue weighted by molar-refractivity contribution is 6.30. The minimum absolute atomic E-state index is 0.713. The van der Waals surface area contributed by atoms with E-state index >= 15 is 0 Å². The van der Waals surface area contributed by atoms with Crippen molar-refractivity contribution in [2.24, 2.45) is 0 Å². The Morgan fingerprint density at radius 3 is 2.28 bits per heavy atom. The molecule has 2 nitrogen and oxygen atoms in total. The Hall–Kier alpha value is -1.67. The fraction of sp³-hybridized carbons (Fsp3) is 0.200. The monoisotopic (exact) mass is 260 g/mol. The van der Waals surface area contributed by atoms with E-state index in [1.807, 2.05) is 31.2 Å². The molecule has 0 atom stereocenters. The van der Waals surface area contributed by atoms with E-state index in [4.69, 9.17) is 17.3 Å². The number of rotatable bonds is 2. The van der Waals surface area contributed by atoms with Crippen LogP contribution in [0.5, 0.6) is 0 Å². The van der Waals surface area contributed by atoms with Crippen LogP contribution < -0.4 is 11.1 Å². The van der Waals surface area contributed by atoms with Crippen LogP contribution in [0.1, 0.15) is 16.7 Å². The summed E-state index contributed by atoms with van der Waals surface area (Å²) in [5.74, 6) is 0. The van der Waals surface area contributed by atoms with Gasteiger partial charge in [-0.2, -0.15) is 0 Å². The van der Waals surface area contributed by atoms with Gasteiger partial charge >= 0.3 is 0 Å². The third-order valence-electron chi connectivity index (χ3n) is 3.13. The second-order valence-electron chi connectivity index (χ2n) is 4.61. The van der Waals surface area contributed by atoms with Gasteiger partial charge in [0.15, 0.2) is 0 Å². The summed E-state index contributed by atoms with van der Waals surface area (Å²) < 4.78 is 0. The van der Waals surface area contributed by atoms with Gasteiger partial charge in [0.25, 0.3) is 0 Å². The fourth-order valence-corrected chi connectivity index (χ4v) is 1.99. The van der Waals surface area contributed by atoms with E-state index in [1.165, 1.54) is 11.1 Å². The van der Waals surface area contributed by atoms with Crippen molar-refractivity contribution in [3.05, 3.63) is 52.0 Å². The van der Waals surface area contributed by atoms with Gasteiger partial charge in [0, 0.05) is 10.7 Å². The fourth-order valence-electron chi connectivity index (χ4n) is 1.82. The molecule has 2 rings (SSSR count). The van der Waals surface area contributed by atoms with Gasteiger partial charge in [-0.25, -0.2) is 0 Å². The average Bonchev–Trinajstić information content (AvgIpc) is 2.30. The first kappa shape index (κ1) is 12.8. The molecule has 2 aromatic carbocycles. The zero-order valence-electron chi connectivity index (χ0n) is 10.8. The molecule has 0 saturated heterocycles. The second-order valence-corrected chi connectivity index (χ2v) is 5.04. The summed E-state index contributed by atoms with van der Waals surface area (Å²) in [7, 11) is 0. The van der Waals surface area contributed by atoms with Crippen molar-refractivity contribution in [3.63, 3.8) is 0 Å². The zero-order chi connectivity index (χ0) is 13.3. The van der Waals surface area contributed by atoms with E-state index in [-0.39, 0.29) is 0 Å².